The van der Waals surface area contributed by atoms with Crippen molar-refractivity contribution < 1.29 is 9.47 Å². The number of nitrogens with one attached hydrogen (secondary N) is 1. The van der Waals surface area contributed by atoms with Crippen molar-refractivity contribution in [2.24, 2.45) is 5.73 Å². The summed E-state index contributed by atoms with van der Waals surface area (Å²) in [4.78, 5) is 0. The van der Waals surface area contributed by atoms with Crippen LogP contribution in [0.3, 0.4) is 0 Å². The lowest BCUT2D eigenvalue weighted by Crippen LogP contribution is -2.38. The summed E-state index contributed by atoms with van der Waals surface area (Å²) < 4.78 is 10.9. The van der Waals surface area contributed by atoms with Crippen LogP contribution in [0.2, 0.25) is 0 Å². The zero-order valence-electron chi connectivity index (χ0n) is 12.5. The van der Waals surface area contributed by atoms with E-state index in [1.807, 2.05) is 12.1 Å². The van der Waals surface area contributed by atoms with Gasteiger partial charge in [-0.2, -0.15) is 0 Å². The fourth-order valence-electron chi connectivity index (χ4n) is 3.02. The third-order valence-electron chi connectivity index (χ3n) is 4.09. The van der Waals surface area contributed by atoms with Gasteiger partial charge in [0.05, 0.1) is 14.2 Å². The van der Waals surface area contributed by atoms with E-state index in [0.29, 0.717) is 12.6 Å². The summed E-state index contributed by atoms with van der Waals surface area (Å²) >= 11 is 0. The molecule has 0 amide bonds. The minimum absolute atomic E-state index is 0.114. The summed E-state index contributed by atoms with van der Waals surface area (Å²) in [5.41, 5.74) is 7.06. The van der Waals surface area contributed by atoms with Crippen LogP contribution in [-0.4, -0.2) is 26.8 Å². The van der Waals surface area contributed by atoms with Crippen LogP contribution in [0.25, 0.3) is 0 Å². The standard InChI is InChI=1S/C16H26N2O2/c1-19-15-10-6-9-13(16(15)20-2)14(11-17)18-12-7-4-3-5-8-12/h6,9-10,12,14,18H,3-5,7-8,11,17H2,1-2H3. The Morgan fingerprint density at radius 2 is 1.95 bits per heavy atom. The first-order chi connectivity index (χ1) is 9.80. The lowest BCUT2D eigenvalue weighted by atomic mass is 9.93. The molecule has 0 aliphatic heterocycles. The molecule has 1 aromatic rings. The maximum Gasteiger partial charge on any atom is 0.165 e. The van der Waals surface area contributed by atoms with Crippen molar-refractivity contribution in [1.29, 1.82) is 0 Å². The predicted molar refractivity (Wildman–Crippen MR) is 81.4 cm³/mol. The lowest BCUT2D eigenvalue weighted by Gasteiger charge is -2.29. The Labute approximate surface area is 121 Å². The van der Waals surface area contributed by atoms with Gasteiger partial charge >= 0.3 is 0 Å². The molecule has 0 radical (unpaired) electrons. The number of hydrogen-bond donors (Lipinski definition) is 2. The van der Waals surface area contributed by atoms with Gasteiger partial charge in [-0.25, -0.2) is 0 Å². The van der Waals surface area contributed by atoms with Gasteiger partial charge < -0.3 is 20.5 Å². The quantitative estimate of drug-likeness (QED) is 0.840. The molecular formula is C16H26N2O2. The van der Waals surface area contributed by atoms with Gasteiger partial charge in [-0.1, -0.05) is 31.4 Å². The first kappa shape index (κ1) is 15.1. The van der Waals surface area contributed by atoms with Gasteiger partial charge in [-0.3, -0.25) is 0 Å². The van der Waals surface area contributed by atoms with Gasteiger partial charge in [0.15, 0.2) is 11.5 Å². The minimum Gasteiger partial charge on any atom is -0.493 e. The van der Waals surface area contributed by atoms with E-state index in [-0.39, 0.29) is 6.04 Å². The number of benzene rings is 1. The van der Waals surface area contributed by atoms with Crippen LogP contribution >= 0.6 is 0 Å². The second kappa shape index (κ2) is 7.50. The topological polar surface area (TPSA) is 56.5 Å². The Hall–Kier alpha value is -1.26. The molecule has 4 nitrogen and oxygen atoms in total. The van der Waals surface area contributed by atoms with Crippen molar-refractivity contribution in [3.05, 3.63) is 23.8 Å². The third-order valence-corrected chi connectivity index (χ3v) is 4.09. The molecule has 1 aliphatic rings. The van der Waals surface area contributed by atoms with Crippen molar-refractivity contribution in [1.82, 2.24) is 5.32 Å². The van der Waals surface area contributed by atoms with Crippen LogP contribution in [0.15, 0.2) is 18.2 Å². The fourth-order valence-corrected chi connectivity index (χ4v) is 3.02. The molecule has 1 aliphatic carbocycles. The Balaban J connectivity index is 2.17. The highest BCUT2D eigenvalue weighted by Crippen LogP contribution is 2.35. The van der Waals surface area contributed by atoms with E-state index >= 15 is 0 Å². The average molecular weight is 278 g/mol. The molecule has 0 bridgehead atoms. The maximum absolute atomic E-state index is 5.98. The number of nitrogens with two attached hydrogens (primary N) is 1. The molecule has 112 valence electrons. The highest BCUT2D eigenvalue weighted by molar-refractivity contribution is 5.48. The first-order valence-electron chi connectivity index (χ1n) is 7.47. The van der Waals surface area contributed by atoms with Crippen LogP contribution in [0.1, 0.15) is 43.7 Å². The molecule has 0 saturated heterocycles. The van der Waals surface area contributed by atoms with Gasteiger partial charge in [-0.05, 0) is 18.9 Å². The summed E-state index contributed by atoms with van der Waals surface area (Å²) in [6, 6.07) is 6.64. The van der Waals surface area contributed by atoms with Crippen LogP contribution in [-0.2, 0) is 0 Å². The molecule has 4 heteroatoms. The Bertz CT molecular complexity index is 417. The zero-order chi connectivity index (χ0) is 14.4. The molecular weight excluding hydrogens is 252 g/mol. The van der Waals surface area contributed by atoms with E-state index < -0.39 is 0 Å². The smallest absolute Gasteiger partial charge is 0.165 e. The van der Waals surface area contributed by atoms with Gasteiger partial charge in [0.25, 0.3) is 0 Å². The zero-order valence-corrected chi connectivity index (χ0v) is 12.5. The Morgan fingerprint density at radius 3 is 2.55 bits per heavy atom. The Kier molecular flexibility index (Phi) is 5.68. The van der Waals surface area contributed by atoms with Crippen molar-refractivity contribution in [3.8, 4) is 11.5 Å². The maximum atomic E-state index is 5.98. The second-order valence-corrected chi connectivity index (χ2v) is 5.37. The predicted octanol–water partition coefficient (Wildman–Crippen LogP) is 2.63. The van der Waals surface area contributed by atoms with Crippen LogP contribution in [0.5, 0.6) is 11.5 Å². The molecule has 1 saturated carbocycles. The Morgan fingerprint density at radius 1 is 1.20 bits per heavy atom. The minimum atomic E-state index is 0.114. The molecule has 3 N–H and O–H groups in total. The summed E-state index contributed by atoms with van der Waals surface area (Å²) in [7, 11) is 3.34. The fraction of sp³-hybridized carbons (Fsp3) is 0.625. The highest BCUT2D eigenvalue weighted by atomic mass is 16.5. The van der Waals surface area contributed by atoms with Crippen molar-refractivity contribution in [2.75, 3.05) is 20.8 Å². The van der Waals surface area contributed by atoms with Gasteiger partial charge in [0, 0.05) is 24.2 Å². The van der Waals surface area contributed by atoms with Crippen molar-refractivity contribution in [3.63, 3.8) is 0 Å². The third kappa shape index (κ3) is 3.44. The second-order valence-electron chi connectivity index (χ2n) is 5.37. The van der Waals surface area contributed by atoms with Gasteiger partial charge in [-0.15, -0.1) is 0 Å². The lowest BCUT2D eigenvalue weighted by molar-refractivity contribution is 0.323. The van der Waals surface area contributed by atoms with E-state index in [0.717, 1.165) is 17.1 Å². The van der Waals surface area contributed by atoms with Crippen LogP contribution in [0.4, 0.5) is 0 Å². The van der Waals surface area contributed by atoms with Crippen molar-refractivity contribution in [2.45, 2.75) is 44.2 Å². The van der Waals surface area contributed by atoms with Gasteiger partial charge in [0.2, 0.25) is 0 Å². The molecule has 0 aromatic heterocycles. The average Bonchev–Trinajstić information content (AvgIpc) is 2.52. The summed E-state index contributed by atoms with van der Waals surface area (Å²) in [5, 5.41) is 3.69. The molecule has 1 unspecified atom stereocenters. The van der Waals surface area contributed by atoms with E-state index in [1.165, 1.54) is 32.1 Å². The number of methoxy groups -OCH3 is 2. The summed E-state index contributed by atoms with van der Waals surface area (Å²) in [6.07, 6.45) is 6.45. The molecule has 2 rings (SSSR count). The molecule has 1 atom stereocenters. The molecule has 0 heterocycles. The monoisotopic (exact) mass is 278 g/mol. The highest BCUT2D eigenvalue weighted by Gasteiger charge is 2.22. The van der Waals surface area contributed by atoms with E-state index in [2.05, 4.69) is 11.4 Å². The first-order valence-corrected chi connectivity index (χ1v) is 7.47. The number of hydrogen-bond acceptors (Lipinski definition) is 4. The SMILES string of the molecule is COc1cccc(C(CN)NC2CCCCC2)c1OC. The largest absolute Gasteiger partial charge is 0.493 e. The van der Waals surface area contributed by atoms with E-state index in [1.54, 1.807) is 14.2 Å². The summed E-state index contributed by atoms with van der Waals surface area (Å²) in [6.45, 7) is 0.556. The number of para-hydroxylation sites is 1. The van der Waals surface area contributed by atoms with Crippen molar-refractivity contribution >= 4 is 0 Å². The molecule has 0 spiro atoms. The van der Waals surface area contributed by atoms with Crippen LogP contribution < -0.4 is 20.5 Å². The number of rotatable bonds is 6. The number of ether oxygens (including phenoxy) is 2. The summed E-state index contributed by atoms with van der Waals surface area (Å²) in [5.74, 6) is 1.54. The molecule has 1 aromatic carbocycles. The van der Waals surface area contributed by atoms with Crippen LogP contribution in [0, 0.1) is 0 Å². The normalized spacial score (nSPS) is 17.8. The van der Waals surface area contributed by atoms with E-state index in [9.17, 15) is 0 Å². The molecule has 20 heavy (non-hydrogen) atoms. The molecule has 1 fully saturated rings. The van der Waals surface area contributed by atoms with E-state index in [4.69, 9.17) is 15.2 Å². The van der Waals surface area contributed by atoms with Gasteiger partial charge in [0.1, 0.15) is 0 Å².